The molecular formula is C20H21BrN4O3. The molecule has 0 bridgehead atoms. The molecule has 1 aliphatic rings. The van der Waals surface area contributed by atoms with Gasteiger partial charge in [0.25, 0.3) is 0 Å². The molecule has 146 valence electrons. The molecule has 2 heterocycles. The first kappa shape index (κ1) is 18.9. The molecule has 7 nitrogen and oxygen atoms in total. The third-order valence-corrected chi connectivity index (χ3v) is 5.45. The number of halogens is 1. The van der Waals surface area contributed by atoms with Gasteiger partial charge in [-0.2, -0.15) is 0 Å². The number of ether oxygens (including phenoxy) is 2. The lowest BCUT2D eigenvalue weighted by atomic mass is 9.92. The largest absolute Gasteiger partial charge is 0.495 e. The summed E-state index contributed by atoms with van der Waals surface area (Å²) in [6.45, 7) is 0. The summed E-state index contributed by atoms with van der Waals surface area (Å²) in [6.07, 6.45) is 4.45. The molecule has 0 saturated heterocycles. The lowest BCUT2D eigenvalue weighted by Crippen LogP contribution is -2.11. The quantitative estimate of drug-likeness (QED) is 0.583. The van der Waals surface area contributed by atoms with Gasteiger partial charge in [0, 0.05) is 36.6 Å². The summed E-state index contributed by atoms with van der Waals surface area (Å²) in [5.41, 5.74) is 5.57. The molecule has 28 heavy (non-hydrogen) atoms. The lowest BCUT2D eigenvalue weighted by Gasteiger charge is -2.20. The number of benzene rings is 1. The van der Waals surface area contributed by atoms with Crippen LogP contribution in [0.4, 0.5) is 11.6 Å². The summed E-state index contributed by atoms with van der Waals surface area (Å²) < 4.78 is 13.5. The van der Waals surface area contributed by atoms with Crippen molar-refractivity contribution in [3.63, 3.8) is 0 Å². The number of aromatic nitrogens is 3. The van der Waals surface area contributed by atoms with E-state index in [1.807, 2.05) is 42.2 Å². The van der Waals surface area contributed by atoms with Crippen LogP contribution in [0.15, 0.2) is 35.1 Å². The Balaban J connectivity index is 1.74. The molecule has 0 radical (unpaired) electrons. The van der Waals surface area contributed by atoms with Gasteiger partial charge in [-0.05, 0) is 42.2 Å². The number of fused-ring (bicyclic) bond motifs is 3. The molecule has 1 atom stereocenters. The molecule has 0 saturated carbocycles. The van der Waals surface area contributed by atoms with E-state index in [1.54, 1.807) is 7.11 Å². The molecular weight excluding hydrogens is 424 g/mol. The first-order valence-corrected chi connectivity index (χ1v) is 9.67. The molecule has 2 N–H and O–H groups in total. The van der Waals surface area contributed by atoms with E-state index in [0.29, 0.717) is 11.7 Å². The number of aliphatic hydroxyl groups excluding tert-OH is 1. The van der Waals surface area contributed by atoms with Gasteiger partial charge in [0.1, 0.15) is 5.75 Å². The number of methoxy groups -OCH3 is 2. The van der Waals surface area contributed by atoms with E-state index in [2.05, 4.69) is 26.2 Å². The average molecular weight is 445 g/mol. The van der Waals surface area contributed by atoms with Gasteiger partial charge in [0.2, 0.25) is 5.95 Å². The van der Waals surface area contributed by atoms with Crippen LogP contribution in [0.25, 0.3) is 11.4 Å². The SMILES string of the molecule is COc1cc(Br)ccc1Nc1ncc2c(n1)-c1c(c(C(O)OC)cn1C)CC2. The Morgan fingerprint density at radius 1 is 1.29 bits per heavy atom. The number of hydrogen-bond donors (Lipinski definition) is 2. The van der Waals surface area contributed by atoms with Crippen molar-refractivity contribution < 1.29 is 14.6 Å². The van der Waals surface area contributed by atoms with E-state index in [4.69, 9.17) is 14.5 Å². The van der Waals surface area contributed by atoms with E-state index >= 15 is 0 Å². The minimum Gasteiger partial charge on any atom is -0.495 e. The minimum absolute atomic E-state index is 0.488. The predicted molar refractivity (Wildman–Crippen MR) is 110 cm³/mol. The van der Waals surface area contributed by atoms with Crippen molar-refractivity contribution in [1.82, 2.24) is 14.5 Å². The van der Waals surface area contributed by atoms with Gasteiger partial charge < -0.3 is 24.5 Å². The maximum Gasteiger partial charge on any atom is 0.227 e. The van der Waals surface area contributed by atoms with Gasteiger partial charge >= 0.3 is 0 Å². The van der Waals surface area contributed by atoms with Crippen LogP contribution in [0.3, 0.4) is 0 Å². The number of nitrogens with one attached hydrogen (secondary N) is 1. The fraction of sp³-hybridized carbons (Fsp3) is 0.300. The van der Waals surface area contributed by atoms with Crippen molar-refractivity contribution in [1.29, 1.82) is 0 Å². The zero-order chi connectivity index (χ0) is 19.8. The van der Waals surface area contributed by atoms with Crippen LogP contribution in [0.5, 0.6) is 5.75 Å². The van der Waals surface area contributed by atoms with Crippen molar-refractivity contribution in [2.45, 2.75) is 19.1 Å². The normalized spacial score (nSPS) is 13.6. The minimum atomic E-state index is -0.942. The highest BCUT2D eigenvalue weighted by Gasteiger charge is 2.27. The molecule has 2 aromatic heterocycles. The standard InChI is InChI=1S/C20H21BrN4O3/c1-25-10-14(19(26)28-3)13-6-4-11-9-22-20(24-17(11)18(13)25)23-15-7-5-12(21)8-16(15)27-2/h5,7-10,19,26H,4,6H2,1-3H3,(H,22,23,24). The molecule has 8 heteroatoms. The predicted octanol–water partition coefficient (Wildman–Crippen LogP) is 3.73. The number of anilines is 2. The Bertz CT molecular complexity index is 1030. The fourth-order valence-electron chi connectivity index (χ4n) is 3.62. The van der Waals surface area contributed by atoms with Crippen LogP contribution in [-0.4, -0.2) is 33.9 Å². The van der Waals surface area contributed by atoms with Crippen LogP contribution in [0.2, 0.25) is 0 Å². The van der Waals surface area contributed by atoms with E-state index in [1.165, 1.54) is 7.11 Å². The summed E-state index contributed by atoms with van der Waals surface area (Å²) in [5, 5.41) is 13.4. The Labute approximate surface area is 171 Å². The second kappa shape index (κ2) is 7.54. The molecule has 3 aromatic rings. The highest BCUT2D eigenvalue weighted by Crippen LogP contribution is 2.38. The summed E-state index contributed by atoms with van der Waals surface area (Å²) >= 11 is 3.45. The topological polar surface area (TPSA) is 81.4 Å². The van der Waals surface area contributed by atoms with Crippen LogP contribution < -0.4 is 10.1 Å². The smallest absolute Gasteiger partial charge is 0.227 e. The van der Waals surface area contributed by atoms with Crippen molar-refractivity contribution in [2.24, 2.45) is 7.05 Å². The number of nitrogens with zero attached hydrogens (tertiary/aromatic N) is 3. The van der Waals surface area contributed by atoms with E-state index in [-0.39, 0.29) is 0 Å². The van der Waals surface area contributed by atoms with E-state index in [0.717, 1.165) is 51.1 Å². The number of rotatable bonds is 5. The van der Waals surface area contributed by atoms with E-state index in [9.17, 15) is 5.11 Å². The Morgan fingerprint density at radius 2 is 2.11 bits per heavy atom. The molecule has 0 spiro atoms. The summed E-state index contributed by atoms with van der Waals surface area (Å²) in [5.74, 6) is 1.18. The third kappa shape index (κ3) is 3.28. The van der Waals surface area contributed by atoms with Crippen LogP contribution in [0, 0.1) is 0 Å². The van der Waals surface area contributed by atoms with Gasteiger partial charge in [-0.1, -0.05) is 15.9 Å². The summed E-state index contributed by atoms with van der Waals surface area (Å²) in [6, 6.07) is 5.72. The van der Waals surface area contributed by atoms with Gasteiger partial charge in [-0.3, -0.25) is 0 Å². The maximum absolute atomic E-state index is 10.2. The number of hydrogen-bond acceptors (Lipinski definition) is 6. The van der Waals surface area contributed by atoms with Crippen molar-refractivity contribution in [3.8, 4) is 17.1 Å². The van der Waals surface area contributed by atoms with Crippen molar-refractivity contribution in [3.05, 3.63) is 51.8 Å². The Hall–Kier alpha value is -2.42. The van der Waals surface area contributed by atoms with Gasteiger partial charge in [0.05, 0.1) is 24.2 Å². The molecule has 1 aliphatic carbocycles. The van der Waals surface area contributed by atoms with Gasteiger partial charge in [0.15, 0.2) is 6.29 Å². The van der Waals surface area contributed by atoms with Crippen LogP contribution in [-0.2, 0) is 24.6 Å². The average Bonchev–Trinajstić information content (AvgIpc) is 3.05. The van der Waals surface area contributed by atoms with Gasteiger partial charge in [-0.25, -0.2) is 9.97 Å². The highest BCUT2D eigenvalue weighted by molar-refractivity contribution is 9.10. The second-order valence-corrected chi connectivity index (χ2v) is 7.56. The first-order chi connectivity index (χ1) is 13.5. The first-order valence-electron chi connectivity index (χ1n) is 8.87. The zero-order valence-electron chi connectivity index (χ0n) is 15.9. The molecule has 0 fully saturated rings. The molecule has 1 unspecified atom stereocenters. The van der Waals surface area contributed by atoms with E-state index < -0.39 is 6.29 Å². The molecule has 1 aromatic carbocycles. The second-order valence-electron chi connectivity index (χ2n) is 6.65. The fourth-order valence-corrected chi connectivity index (χ4v) is 3.96. The van der Waals surface area contributed by atoms with Crippen molar-refractivity contribution in [2.75, 3.05) is 19.5 Å². The molecule has 4 rings (SSSR count). The monoisotopic (exact) mass is 444 g/mol. The molecule has 0 aliphatic heterocycles. The summed E-state index contributed by atoms with van der Waals surface area (Å²) in [4.78, 5) is 9.25. The number of aryl methyl sites for hydroxylation is 2. The maximum atomic E-state index is 10.2. The zero-order valence-corrected chi connectivity index (χ0v) is 17.4. The van der Waals surface area contributed by atoms with Crippen molar-refractivity contribution >= 4 is 27.6 Å². The van der Waals surface area contributed by atoms with Crippen LogP contribution in [0.1, 0.15) is 23.0 Å². The third-order valence-electron chi connectivity index (χ3n) is 4.95. The Kier molecular flexibility index (Phi) is 5.09. The number of aliphatic hydroxyl groups is 1. The highest BCUT2D eigenvalue weighted by atomic mass is 79.9. The summed E-state index contributed by atoms with van der Waals surface area (Å²) in [7, 11) is 5.07. The molecule has 0 amide bonds. The van der Waals surface area contributed by atoms with Crippen LogP contribution >= 0.6 is 15.9 Å². The Morgan fingerprint density at radius 3 is 2.86 bits per heavy atom. The van der Waals surface area contributed by atoms with Gasteiger partial charge in [-0.15, -0.1) is 0 Å². The lowest BCUT2D eigenvalue weighted by molar-refractivity contribution is -0.0774.